The second-order valence-electron chi connectivity index (χ2n) is 6.93. The normalized spacial score (nSPS) is 14.2. The Balaban J connectivity index is 1.45. The van der Waals surface area contributed by atoms with E-state index in [1.165, 1.54) is 5.56 Å². The molecule has 142 valence electrons. The van der Waals surface area contributed by atoms with Crippen LogP contribution in [0.5, 0.6) is 0 Å². The summed E-state index contributed by atoms with van der Waals surface area (Å²) < 4.78 is 0. The first-order valence-corrected chi connectivity index (χ1v) is 9.86. The fraction of sp³-hybridized carbons (Fsp3) is 0.217. The van der Waals surface area contributed by atoms with Crippen molar-refractivity contribution >= 4 is 23.3 Å². The molecule has 1 aromatic heterocycles. The van der Waals surface area contributed by atoms with Crippen LogP contribution >= 0.6 is 11.6 Å². The average Bonchev–Trinajstić information content (AvgIpc) is 2.75. The van der Waals surface area contributed by atoms with Crippen molar-refractivity contribution in [3.8, 4) is 0 Å². The van der Waals surface area contributed by atoms with Gasteiger partial charge in [0, 0.05) is 37.9 Å². The van der Waals surface area contributed by atoms with Gasteiger partial charge in [-0.3, -0.25) is 4.79 Å². The van der Waals surface area contributed by atoms with Gasteiger partial charge in [0.25, 0.3) is 5.91 Å². The zero-order chi connectivity index (χ0) is 19.3. The van der Waals surface area contributed by atoms with Crippen LogP contribution in [0.15, 0.2) is 72.9 Å². The number of pyridine rings is 1. The molecular weight excluding hydrogens is 370 g/mol. The molecule has 2 aromatic carbocycles. The molecule has 1 fully saturated rings. The lowest BCUT2D eigenvalue weighted by atomic mass is 9.99. The molecule has 0 N–H and O–H groups in total. The van der Waals surface area contributed by atoms with E-state index in [9.17, 15) is 4.79 Å². The quantitative estimate of drug-likeness (QED) is 0.665. The molecule has 0 atom stereocenters. The molecule has 5 heteroatoms. The lowest BCUT2D eigenvalue weighted by Crippen LogP contribution is -2.49. The van der Waals surface area contributed by atoms with Crippen LogP contribution < -0.4 is 4.90 Å². The summed E-state index contributed by atoms with van der Waals surface area (Å²) in [5.74, 6) is 1.01. The Hall–Kier alpha value is -2.85. The Morgan fingerprint density at radius 1 is 0.893 bits per heavy atom. The molecule has 0 saturated carbocycles. The van der Waals surface area contributed by atoms with Crippen LogP contribution in [0.25, 0.3) is 0 Å². The highest BCUT2D eigenvalue weighted by molar-refractivity contribution is 6.30. The number of piperazine rings is 1. The molecule has 1 amide bonds. The van der Waals surface area contributed by atoms with Crippen LogP contribution in [0.1, 0.15) is 21.5 Å². The maximum absolute atomic E-state index is 13.2. The van der Waals surface area contributed by atoms with Crippen LogP contribution in [-0.2, 0) is 6.42 Å². The topological polar surface area (TPSA) is 36.4 Å². The number of rotatable bonds is 4. The molecule has 0 bridgehead atoms. The Morgan fingerprint density at radius 3 is 2.32 bits per heavy atom. The molecule has 0 radical (unpaired) electrons. The summed E-state index contributed by atoms with van der Waals surface area (Å²) >= 11 is 5.92. The van der Waals surface area contributed by atoms with Crippen LogP contribution in [0, 0.1) is 0 Å². The molecule has 0 unspecified atom stereocenters. The van der Waals surface area contributed by atoms with Gasteiger partial charge in [0.05, 0.1) is 5.02 Å². The molecule has 3 aromatic rings. The third-order valence-electron chi connectivity index (χ3n) is 5.09. The van der Waals surface area contributed by atoms with Gasteiger partial charge in [-0.2, -0.15) is 0 Å². The minimum atomic E-state index is 0.107. The number of anilines is 1. The second kappa shape index (κ2) is 8.44. The predicted molar refractivity (Wildman–Crippen MR) is 113 cm³/mol. The van der Waals surface area contributed by atoms with Crippen molar-refractivity contribution in [1.29, 1.82) is 0 Å². The van der Waals surface area contributed by atoms with Crippen LogP contribution in [0.3, 0.4) is 0 Å². The summed E-state index contributed by atoms with van der Waals surface area (Å²) in [6.07, 6.45) is 2.42. The van der Waals surface area contributed by atoms with Gasteiger partial charge in [0.15, 0.2) is 0 Å². The van der Waals surface area contributed by atoms with Gasteiger partial charge >= 0.3 is 0 Å². The van der Waals surface area contributed by atoms with Crippen molar-refractivity contribution in [2.24, 2.45) is 0 Å². The molecule has 1 saturated heterocycles. The summed E-state index contributed by atoms with van der Waals surface area (Å²) in [7, 11) is 0. The fourth-order valence-corrected chi connectivity index (χ4v) is 3.67. The molecule has 2 heterocycles. The van der Waals surface area contributed by atoms with Gasteiger partial charge in [0.2, 0.25) is 0 Å². The van der Waals surface area contributed by atoms with Crippen molar-refractivity contribution in [2.75, 3.05) is 31.1 Å². The highest BCUT2D eigenvalue weighted by Gasteiger charge is 2.24. The summed E-state index contributed by atoms with van der Waals surface area (Å²) in [5, 5.41) is 0.632. The highest BCUT2D eigenvalue weighted by Crippen LogP contribution is 2.20. The first kappa shape index (κ1) is 18.5. The lowest BCUT2D eigenvalue weighted by molar-refractivity contribution is 0.0745. The number of hydrogen-bond acceptors (Lipinski definition) is 3. The predicted octanol–water partition coefficient (Wildman–Crippen LogP) is 4.29. The van der Waals surface area contributed by atoms with Gasteiger partial charge in [-0.05, 0) is 35.7 Å². The summed E-state index contributed by atoms with van der Waals surface area (Å²) in [6, 6.07) is 22.0. The standard InChI is InChI=1S/C23H22ClN3O/c24-20-10-11-22(25-17-20)26-12-14-27(15-13-26)23(28)21-9-5-4-8-19(21)16-18-6-2-1-3-7-18/h1-11,17H,12-16H2. The number of carbonyl (C=O) groups is 1. The van der Waals surface area contributed by atoms with E-state index in [4.69, 9.17) is 11.6 Å². The number of nitrogens with zero attached hydrogens (tertiary/aromatic N) is 3. The third-order valence-corrected chi connectivity index (χ3v) is 5.31. The highest BCUT2D eigenvalue weighted by atomic mass is 35.5. The molecule has 4 nitrogen and oxygen atoms in total. The SMILES string of the molecule is O=C(c1ccccc1Cc1ccccc1)N1CCN(c2ccc(Cl)cn2)CC1. The summed E-state index contributed by atoms with van der Waals surface area (Å²) in [5.41, 5.74) is 3.08. The van der Waals surface area contributed by atoms with Gasteiger partial charge in [0.1, 0.15) is 5.82 Å². The number of aromatic nitrogens is 1. The molecule has 4 rings (SSSR count). The zero-order valence-corrected chi connectivity index (χ0v) is 16.3. The van der Waals surface area contributed by atoms with Crippen molar-refractivity contribution < 1.29 is 4.79 Å². The van der Waals surface area contributed by atoms with Gasteiger partial charge in [-0.15, -0.1) is 0 Å². The summed E-state index contributed by atoms with van der Waals surface area (Å²) in [6.45, 7) is 2.90. The number of amides is 1. The Labute approximate surface area is 170 Å². The van der Waals surface area contributed by atoms with E-state index in [0.29, 0.717) is 18.1 Å². The Bertz CT molecular complexity index is 936. The number of hydrogen-bond donors (Lipinski definition) is 0. The first-order chi connectivity index (χ1) is 13.7. The molecule has 28 heavy (non-hydrogen) atoms. The number of benzene rings is 2. The Kier molecular flexibility index (Phi) is 5.58. The van der Waals surface area contributed by atoms with E-state index < -0.39 is 0 Å². The smallest absolute Gasteiger partial charge is 0.254 e. The zero-order valence-electron chi connectivity index (χ0n) is 15.6. The van der Waals surface area contributed by atoms with E-state index in [1.807, 2.05) is 59.5 Å². The van der Waals surface area contributed by atoms with Crippen LogP contribution in [-0.4, -0.2) is 42.0 Å². The molecule has 1 aliphatic heterocycles. The third kappa shape index (κ3) is 4.18. The maximum atomic E-state index is 13.2. The lowest BCUT2D eigenvalue weighted by Gasteiger charge is -2.35. The van der Waals surface area contributed by atoms with Crippen LogP contribution in [0.4, 0.5) is 5.82 Å². The Morgan fingerprint density at radius 2 is 1.61 bits per heavy atom. The fourth-order valence-electron chi connectivity index (χ4n) is 3.56. The second-order valence-corrected chi connectivity index (χ2v) is 7.37. The monoisotopic (exact) mass is 391 g/mol. The molecule has 0 aliphatic carbocycles. The van der Waals surface area contributed by atoms with Gasteiger partial charge in [-0.1, -0.05) is 60.1 Å². The largest absolute Gasteiger partial charge is 0.353 e. The number of carbonyl (C=O) groups excluding carboxylic acids is 1. The van der Waals surface area contributed by atoms with Crippen LogP contribution in [0.2, 0.25) is 5.02 Å². The minimum absolute atomic E-state index is 0.107. The minimum Gasteiger partial charge on any atom is -0.353 e. The molecule has 1 aliphatic rings. The van der Waals surface area contributed by atoms with E-state index in [0.717, 1.165) is 36.5 Å². The summed E-state index contributed by atoms with van der Waals surface area (Å²) in [4.78, 5) is 21.7. The van der Waals surface area contributed by atoms with Gasteiger partial charge in [-0.25, -0.2) is 4.98 Å². The van der Waals surface area contributed by atoms with E-state index in [1.54, 1.807) is 6.20 Å². The molecular formula is C23H22ClN3O. The van der Waals surface area contributed by atoms with E-state index >= 15 is 0 Å². The van der Waals surface area contributed by atoms with Gasteiger partial charge < -0.3 is 9.80 Å². The first-order valence-electron chi connectivity index (χ1n) is 9.48. The van der Waals surface area contributed by atoms with Crippen molar-refractivity contribution in [3.05, 3.63) is 94.6 Å². The van der Waals surface area contributed by atoms with Crippen molar-refractivity contribution in [2.45, 2.75) is 6.42 Å². The van der Waals surface area contributed by atoms with E-state index in [-0.39, 0.29) is 5.91 Å². The average molecular weight is 392 g/mol. The van der Waals surface area contributed by atoms with Crippen molar-refractivity contribution in [3.63, 3.8) is 0 Å². The maximum Gasteiger partial charge on any atom is 0.254 e. The number of halogens is 1. The molecule has 0 spiro atoms. The van der Waals surface area contributed by atoms with Crippen molar-refractivity contribution in [1.82, 2.24) is 9.88 Å². The van der Waals surface area contributed by atoms with E-state index in [2.05, 4.69) is 22.0 Å².